The van der Waals surface area contributed by atoms with Crippen molar-refractivity contribution in [1.82, 2.24) is 15.0 Å². The molecule has 0 aliphatic carbocycles. The van der Waals surface area contributed by atoms with Gasteiger partial charge in [-0.15, -0.1) is 5.10 Å². The van der Waals surface area contributed by atoms with Crippen LogP contribution in [-0.2, 0) is 11.3 Å². The molecule has 0 aliphatic heterocycles. The minimum Gasteiger partial charge on any atom is -0.480 e. The van der Waals surface area contributed by atoms with Crippen LogP contribution in [0, 0.1) is 5.82 Å². The van der Waals surface area contributed by atoms with Gasteiger partial charge in [0.2, 0.25) is 0 Å². The second-order valence-electron chi connectivity index (χ2n) is 3.62. The molecule has 0 unspecified atom stereocenters. The van der Waals surface area contributed by atoms with E-state index in [-0.39, 0.29) is 11.4 Å². The van der Waals surface area contributed by atoms with Crippen molar-refractivity contribution >= 4 is 17.7 Å². The number of anilines is 1. The van der Waals surface area contributed by atoms with Crippen molar-refractivity contribution in [3.8, 4) is 0 Å². The monoisotopic (exact) mass is 264 g/mol. The van der Waals surface area contributed by atoms with Crippen LogP contribution in [0.15, 0.2) is 30.5 Å². The molecule has 7 nitrogen and oxygen atoms in total. The molecule has 8 heteroatoms. The van der Waals surface area contributed by atoms with Crippen LogP contribution in [0.5, 0.6) is 0 Å². The number of nitrogens with one attached hydrogen (secondary N) is 1. The van der Waals surface area contributed by atoms with Gasteiger partial charge in [-0.25, -0.2) is 4.39 Å². The van der Waals surface area contributed by atoms with Crippen molar-refractivity contribution in [2.45, 2.75) is 6.54 Å². The van der Waals surface area contributed by atoms with Gasteiger partial charge in [-0.1, -0.05) is 6.07 Å². The molecule has 0 saturated carbocycles. The number of carbonyl (C=O) groups excluding carboxylic acids is 1. The van der Waals surface area contributed by atoms with Gasteiger partial charge >= 0.3 is 5.97 Å². The number of carboxylic acid groups (broad SMARTS) is 1. The third kappa shape index (κ3) is 3.35. The Kier molecular flexibility index (Phi) is 3.51. The van der Waals surface area contributed by atoms with E-state index in [0.717, 1.165) is 10.9 Å². The molecule has 2 aromatic rings. The number of halogens is 1. The number of carbonyl (C=O) groups is 2. The summed E-state index contributed by atoms with van der Waals surface area (Å²) in [5.41, 5.74) is 0.132. The number of benzene rings is 1. The van der Waals surface area contributed by atoms with Crippen molar-refractivity contribution in [1.29, 1.82) is 0 Å². The maximum atomic E-state index is 12.9. The summed E-state index contributed by atoms with van der Waals surface area (Å²) in [5, 5.41) is 18.3. The van der Waals surface area contributed by atoms with E-state index in [4.69, 9.17) is 5.11 Å². The minimum absolute atomic E-state index is 0.0931. The molecule has 0 bridgehead atoms. The average molecular weight is 264 g/mol. The minimum atomic E-state index is -1.10. The maximum Gasteiger partial charge on any atom is 0.327 e. The van der Waals surface area contributed by atoms with Gasteiger partial charge in [0.15, 0.2) is 12.4 Å². The summed E-state index contributed by atoms with van der Waals surface area (Å²) in [4.78, 5) is 23.1. The number of aliphatic carboxylic acids is 1. The molecule has 0 atom stereocenters. The largest absolute Gasteiger partial charge is 0.480 e. The summed E-state index contributed by atoms with van der Waals surface area (Å²) in [5.74, 6) is -2.09. The zero-order valence-corrected chi connectivity index (χ0v) is 9.58. The standard InChI is InChI=1S/C11H9FN4O3/c12-8-3-1-2-7(4-8)11(19)14-9-5-13-16(15-9)6-10(17)18/h1-5H,6H2,(H,17,18)(H,14,15,19). The topological polar surface area (TPSA) is 97.1 Å². The Bertz CT molecular complexity index is 626. The van der Waals surface area contributed by atoms with Gasteiger partial charge in [0.05, 0.1) is 6.20 Å². The molecular weight excluding hydrogens is 255 g/mol. The molecule has 19 heavy (non-hydrogen) atoms. The van der Waals surface area contributed by atoms with Gasteiger partial charge < -0.3 is 10.4 Å². The summed E-state index contributed by atoms with van der Waals surface area (Å²) >= 11 is 0. The van der Waals surface area contributed by atoms with Gasteiger partial charge in [0.1, 0.15) is 5.82 Å². The van der Waals surface area contributed by atoms with Crippen molar-refractivity contribution in [2.24, 2.45) is 0 Å². The molecule has 1 amide bonds. The Morgan fingerprint density at radius 3 is 2.89 bits per heavy atom. The molecule has 1 heterocycles. The van der Waals surface area contributed by atoms with E-state index in [1.165, 1.54) is 24.4 Å². The van der Waals surface area contributed by atoms with Crippen LogP contribution in [0.4, 0.5) is 10.2 Å². The van der Waals surface area contributed by atoms with Crippen LogP contribution in [0.2, 0.25) is 0 Å². The van der Waals surface area contributed by atoms with E-state index >= 15 is 0 Å². The highest BCUT2D eigenvalue weighted by molar-refractivity contribution is 6.03. The number of aromatic nitrogens is 3. The molecule has 0 aliphatic rings. The summed E-state index contributed by atoms with van der Waals surface area (Å²) < 4.78 is 12.9. The number of hydrogen-bond acceptors (Lipinski definition) is 4. The summed E-state index contributed by atoms with van der Waals surface area (Å²) in [6.07, 6.45) is 1.21. The van der Waals surface area contributed by atoms with Crippen LogP contribution in [0.3, 0.4) is 0 Å². The molecule has 98 valence electrons. The Labute approximate surface area is 106 Å². The van der Waals surface area contributed by atoms with E-state index in [1.54, 1.807) is 0 Å². The lowest BCUT2D eigenvalue weighted by Gasteiger charge is -2.01. The van der Waals surface area contributed by atoms with Crippen molar-refractivity contribution in [3.63, 3.8) is 0 Å². The number of rotatable bonds is 4. The molecule has 1 aromatic heterocycles. The fourth-order valence-electron chi connectivity index (χ4n) is 1.37. The van der Waals surface area contributed by atoms with Crippen LogP contribution < -0.4 is 5.32 Å². The summed E-state index contributed by atoms with van der Waals surface area (Å²) in [6, 6.07) is 5.16. The lowest BCUT2D eigenvalue weighted by atomic mass is 10.2. The first-order valence-electron chi connectivity index (χ1n) is 5.23. The number of carboxylic acids is 1. The van der Waals surface area contributed by atoms with Crippen molar-refractivity contribution < 1.29 is 19.1 Å². The fourth-order valence-corrected chi connectivity index (χ4v) is 1.37. The normalized spacial score (nSPS) is 10.2. The van der Waals surface area contributed by atoms with E-state index in [0.29, 0.717) is 0 Å². The lowest BCUT2D eigenvalue weighted by Crippen LogP contribution is -2.14. The second kappa shape index (κ2) is 5.25. The molecule has 0 radical (unpaired) electrons. The highest BCUT2D eigenvalue weighted by Crippen LogP contribution is 2.07. The Balaban J connectivity index is 2.06. The first kappa shape index (κ1) is 12.7. The van der Waals surface area contributed by atoms with E-state index in [9.17, 15) is 14.0 Å². The summed E-state index contributed by atoms with van der Waals surface area (Å²) in [7, 11) is 0. The molecular formula is C11H9FN4O3. The highest BCUT2D eigenvalue weighted by Gasteiger charge is 2.10. The zero-order valence-electron chi connectivity index (χ0n) is 9.58. The molecule has 0 saturated heterocycles. The number of amides is 1. The van der Waals surface area contributed by atoms with Crippen LogP contribution >= 0.6 is 0 Å². The van der Waals surface area contributed by atoms with Crippen molar-refractivity contribution in [2.75, 3.05) is 5.32 Å². The second-order valence-corrected chi connectivity index (χ2v) is 3.62. The number of nitrogens with zero attached hydrogens (tertiary/aromatic N) is 3. The van der Waals surface area contributed by atoms with E-state index in [1.807, 2.05) is 0 Å². The highest BCUT2D eigenvalue weighted by atomic mass is 19.1. The maximum absolute atomic E-state index is 12.9. The smallest absolute Gasteiger partial charge is 0.327 e. The Morgan fingerprint density at radius 1 is 1.42 bits per heavy atom. The summed E-state index contributed by atoms with van der Waals surface area (Å²) in [6.45, 7) is -0.407. The van der Waals surface area contributed by atoms with E-state index < -0.39 is 24.2 Å². The predicted octanol–water partition coefficient (Wildman–Crippen LogP) is 0.754. The predicted molar refractivity (Wildman–Crippen MR) is 62.0 cm³/mol. The van der Waals surface area contributed by atoms with Crippen molar-refractivity contribution in [3.05, 3.63) is 41.8 Å². The average Bonchev–Trinajstić information content (AvgIpc) is 2.75. The van der Waals surface area contributed by atoms with Crippen LogP contribution in [-0.4, -0.2) is 32.0 Å². The fraction of sp³-hybridized carbons (Fsp3) is 0.0909. The van der Waals surface area contributed by atoms with Crippen LogP contribution in [0.25, 0.3) is 0 Å². The first-order valence-corrected chi connectivity index (χ1v) is 5.23. The van der Waals surface area contributed by atoms with Gasteiger partial charge in [-0.2, -0.15) is 9.90 Å². The molecule has 2 rings (SSSR count). The number of hydrogen-bond donors (Lipinski definition) is 2. The third-order valence-corrected chi connectivity index (χ3v) is 2.14. The SMILES string of the molecule is O=C(O)Cn1ncc(NC(=O)c2cccc(F)c2)n1. The quantitative estimate of drug-likeness (QED) is 0.849. The lowest BCUT2D eigenvalue weighted by molar-refractivity contribution is -0.138. The van der Waals surface area contributed by atoms with Gasteiger partial charge in [-0.05, 0) is 18.2 Å². The van der Waals surface area contributed by atoms with Gasteiger partial charge in [-0.3, -0.25) is 9.59 Å². The Hall–Kier alpha value is -2.77. The molecule has 1 aromatic carbocycles. The molecule has 0 spiro atoms. The third-order valence-electron chi connectivity index (χ3n) is 2.14. The van der Waals surface area contributed by atoms with E-state index in [2.05, 4.69) is 15.5 Å². The van der Waals surface area contributed by atoms with Crippen LogP contribution in [0.1, 0.15) is 10.4 Å². The van der Waals surface area contributed by atoms with Gasteiger partial charge in [0, 0.05) is 5.56 Å². The first-order chi connectivity index (χ1) is 9.04. The zero-order chi connectivity index (χ0) is 13.8. The van der Waals surface area contributed by atoms with Gasteiger partial charge in [0.25, 0.3) is 5.91 Å². The Morgan fingerprint density at radius 2 is 2.21 bits per heavy atom. The molecule has 0 fully saturated rings. The molecule has 2 N–H and O–H groups in total.